The van der Waals surface area contributed by atoms with Crippen LogP contribution in [0.4, 0.5) is 5.69 Å². The quantitative estimate of drug-likeness (QED) is 0.259. The number of carbonyl (C=O) groups is 1. The van der Waals surface area contributed by atoms with Gasteiger partial charge >= 0.3 is 0 Å². The normalized spacial score (nSPS) is 14.2. The second-order valence-electron chi connectivity index (χ2n) is 9.14. The Morgan fingerprint density at radius 1 is 1.03 bits per heavy atom. The van der Waals surface area contributed by atoms with Crippen LogP contribution in [-0.2, 0) is 12.0 Å². The number of nitrogens with zero attached hydrogens (tertiary/aromatic N) is 1. The molecule has 6 heteroatoms. The van der Waals surface area contributed by atoms with Gasteiger partial charge in [0.15, 0.2) is 5.76 Å². The van der Waals surface area contributed by atoms with Crippen molar-refractivity contribution in [3.63, 3.8) is 0 Å². The number of hydrogen-bond donors (Lipinski definition) is 0. The van der Waals surface area contributed by atoms with Crippen molar-refractivity contribution in [3.05, 3.63) is 104 Å². The summed E-state index contributed by atoms with van der Waals surface area (Å²) in [6, 6.07) is 17.8. The Kier molecular flexibility index (Phi) is 5.77. The highest BCUT2D eigenvalue weighted by atomic mass is 16.6. The van der Waals surface area contributed by atoms with E-state index in [0.29, 0.717) is 17.1 Å². The van der Waals surface area contributed by atoms with Crippen LogP contribution in [0.1, 0.15) is 53.4 Å². The Balaban J connectivity index is 1.50. The van der Waals surface area contributed by atoms with Gasteiger partial charge in [-0.2, -0.15) is 0 Å². The number of rotatable bonds is 5. The van der Waals surface area contributed by atoms with Crippen LogP contribution in [0.15, 0.2) is 66.4 Å². The fraction of sp³-hybridized carbons (Fsp3) is 0.222. The monoisotopic (exact) mass is 443 g/mol. The largest absolute Gasteiger partial charge is 0.489 e. The summed E-state index contributed by atoms with van der Waals surface area (Å²) in [6.45, 7) is 8.56. The van der Waals surface area contributed by atoms with Crippen LogP contribution < -0.4 is 9.47 Å². The van der Waals surface area contributed by atoms with Crippen molar-refractivity contribution in [2.45, 2.75) is 39.7 Å². The van der Waals surface area contributed by atoms with E-state index >= 15 is 0 Å². The smallest absolute Gasteiger partial charge is 0.269 e. The van der Waals surface area contributed by atoms with Crippen LogP contribution >= 0.6 is 0 Å². The average Bonchev–Trinajstić information content (AvgIpc) is 3.07. The van der Waals surface area contributed by atoms with Crippen molar-refractivity contribution in [1.29, 1.82) is 0 Å². The third-order valence-corrected chi connectivity index (χ3v) is 5.57. The summed E-state index contributed by atoms with van der Waals surface area (Å²) in [5.74, 6) is 1.16. The van der Waals surface area contributed by atoms with Gasteiger partial charge in [-0.05, 0) is 58.9 Å². The number of carbonyl (C=O) groups excluding carboxylic acids is 1. The zero-order valence-corrected chi connectivity index (χ0v) is 19.0. The Hall–Kier alpha value is -3.93. The molecule has 3 aromatic carbocycles. The number of nitro benzene ring substituents is 1. The van der Waals surface area contributed by atoms with E-state index in [4.69, 9.17) is 9.47 Å². The first-order valence-electron chi connectivity index (χ1n) is 10.7. The third-order valence-electron chi connectivity index (χ3n) is 5.57. The number of fused-ring (bicyclic) bond motifs is 1. The van der Waals surface area contributed by atoms with Gasteiger partial charge in [0.1, 0.15) is 18.1 Å². The van der Waals surface area contributed by atoms with Crippen LogP contribution in [0.3, 0.4) is 0 Å². The molecule has 0 saturated carbocycles. The minimum Gasteiger partial charge on any atom is -0.489 e. The van der Waals surface area contributed by atoms with Gasteiger partial charge in [0.05, 0.1) is 10.5 Å². The van der Waals surface area contributed by atoms with Crippen molar-refractivity contribution in [1.82, 2.24) is 0 Å². The summed E-state index contributed by atoms with van der Waals surface area (Å²) in [6.07, 6.45) is 1.76. The van der Waals surface area contributed by atoms with Gasteiger partial charge in [-0.1, -0.05) is 45.0 Å². The molecule has 0 spiro atoms. The standard InChI is InChI=1S/C27H25NO5/c1-17-13-22(32-16-19-7-11-21(12-8-19)28(30)31)15-23-25(17)26(29)24(33-23)14-18-5-9-20(10-6-18)27(2,3)4/h5-15H,16H2,1-4H3/b24-14-. The van der Waals surface area contributed by atoms with Gasteiger partial charge in [-0.25, -0.2) is 0 Å². The first kappa shape index (κ1) is 22.3. The molecule has 33 heavy (non-hydrogen) atoms. The molecule has 0 bridgehead atoms. The summed E-state index contributed by atoms with van der Waals surface area (Å²) in [7, 11) is 0. The molecule has 0 atom stereocenters. The molecular weight excluding hydrogens is 418 g/mol. The highest BCUT2D eigenvalue weighted by Crippen LogP contribution is 2.38. The maximum Gasteiger partial charge on any atom is 0.269 e. The molecule has 4 rings (SSSR count). The molecule has 6 nitrogen and oxygen atoms in total. The van der Waals surface area contributed by atoms with Crippen LogP contribution in [0.5, 0.6) is 11.5 Å². The predicted molar refractivity (Wildman–Crippen MR) is 127 cm³/mol. The fourth-order valence-electron chi connectivity index (χ4n) is 3.67. The van der Waals surface area contributed by atoms with E-state index in [1.807, 2.05) is 19.1 Å². The molecule has 0 unspecified atom stereocenters. The molecule has 168 valence electrons. The van der Waals surface area contributed by atoms with E-state index in [9.17, 15) is 14.9 Å². The molecule has 0 amide bonds. The van der Waals surface area contributed by atoms with Crippen LogP contribution in [0.2, 0.25) is 0 Å². The van der Waals surface area contributed by atoms with Crippen molar-refractivity contribution in [3.8, 4) is 11.5 Å². The number of allylic oxidation sites excluding steroid dienone is 1. The average molecular weight is 443 g/mol. The maximum absolute atomic E-state index is 12.9. The Bertz CT molecular complexity index is 1250. The SMILES string of the molecule is Cc1cc(OCc2ccc([N+](=O)[O-])cc2)cc2c1C(=O)/C(=C/c1ccc(C(C)(C)C)cc1)O2. The Morgan fingerprint density at radius 3 is 2.30 bits per heavy atom. The van der Waals surface area contributed by atoms with Crippen molar-refractivity contribution in [2.75, 3.05) is 0 Å². The number of ether oxygens (including phenoxy) is 2. The lowest BCUT2D eigenvalue weighted by Gasteiger charge is -2.18. The van der Waals surface area contributed by atoms with Crippen molar-refractivity contribution >= 4 is 17.5 Å². The first-order valence-corrected chi connectivity index (χ1v) is 10.7. The van der Waals surface area contributed by atoms with E-state index in [0.717, 1.165) is 16.7 Å². The third kappa shape index (κ3) is 4.80. The number of hydrogen-bond acceptors (Lipinski definition) is 5. The van der Waals surface area contributed by atoms with E-state index in [2.05, 4.69) is 32.9 Å². The molecule has 1 aliphatic rings. The lowest BCUT2D eigenvalue weighted by atomic mass is 9.86. The lowest BCUT2D eigenvalue weighted by Crippen LogP contribution is -2.10. The number of ketones is 1. The summed E-state index contributed by atoms with van der Waals surface area (Å²) in [5, 5.41) is 10.8. The molecule has 1 heterocycles. The molecule has 0 fully saturated rings. The molecular formula is C27H25NO5. The van der Waals surface area contributed by atoms with Crippen molar-refractivity contribution < 1.29 is 19.2 Å². The molecule has 0 radical (unpaired) electrons. The second kappa shape index (κ2) is 8.54. The molecule has 0 aliphatic carbocycles. The number of nitro groups is 1. The Labute approximate surface area is 192 Å². The highest BCUT2D eigenvalue weighted by Gasteiger charge is 2.30. The van der Waals surface area contributed by atoms with Crippen LogP contribution in [0, 0.1) is 17.0 Å². The van der Waals surface area contributed by atoms with Crippen LogP contribution in [-0.4, -0.2) is 10.7 Å². The number of aryl methyl sites for hydroxylation is 1. The van der Waals surface area contributed by atoms with Crippen LogP contribution in [0.25, 0.3) is 6.08 Å². The predicted octanol–water partition coefficient (Wildman–Crippen LogP) is 6.40. The molecule has 0 aromatic heterocycles. The molecule has 1 aliphatic heterocycles. The summed E-state index contributed by atoms with van der Waals surface area (Å²) in [4.78, 5) is 23.3. The van der Waals surface area contributed by atoms with Gasteiger partial charge in [-0.15, -0.1) is 0 Å². The van der Waals surface area contributed by atoms with Gasteiger partial charge in [0.2, 0.25) is 5.78 Å². The van der Waals surface area contributed by atoms with E-state index in [1.54, 1.807) is 30.3 Å². The fourth-order valence-corrected chi connectivity index (χ4v) is 3.67. The minimum absolute atomic E-state index is 0.0337. The highest BCUT2D eigenvalue weighted by molar-refractivity contribution is 6.15. The van der Waals surface area contributed by atoms with E-state index < -0.39 is 4.92 Å². The van der Waals surface area contributed by atoms with E-state index in [-0.39, 0.29) is 29.3 Å². The second-order valence-corrected chi connectivity index (χ2v) is 9.14. The number of benzene rings is 3. The van der Waals surface area contributed by atoms with Gasteiger partial charge in [0.25, 0.3) is 5.69 Å². The first-order chi connectivity index (χ1) is 15.6. The molecule has 0 saturated heterocycles. The summed E-state index contributed by atoms with van der Waals surface area (Å²) >= 11 is 0. The summed E-state index contributed by atoms with van der Waals surface area (Å²) in [5.41, 5.74) is 4.31. The summed E-state index contributed by atoms with van der Waals surface area (Å²) < 4.78 is 11.7. The molecule has 3 aromatic rings. The van der Waals surface area contributed by atoms with Gasteiger partial charge in [-0.3, -0.25) is 14.9 Å². The molecule has 0 N–H and O–H groups in total. The zero-order valence-electron chi connectivity index (χ0n) is 19.0. The van der Waals surface area contributed by atoms with Crippen molar-refractivity contribution in [2.24, 2.45) is 0 Å². The lowest BCUT2D eigenvalue weighted by molar-refractivity contribution is -0.384. The minimum atomic E-state index is -0.438. The zero-order chi connectivity index (χ0) is 23.8. The van der Waals surface area contributed by atoms with E-state index in [1.165, 1.54) is 17.7 Å². The Morgan fingerprint density at radius 2 is 1.70 bits per heavy atom. The van der Waals surface area contributed by atoms with Gasteiger partial charge < -0.3 is 9.47 Å². The number of Topliss-reactive ketones (excluding diaryl/α,β-unsaturated/α-hetero) is 1. The maximum atomic E-state index is 12.9. The topological polar surface area (TPSA) is 78.7 Å². The van der Waals surface area contributed by atoms with Gasteiger partial charge in [0, 0.05) is 18.2 Å². The number of non-ortho nitro benzene ring substituents is 1.